The van der Waals surface area contributed by atoms with Crippen LogP contribution in [0, 0.1) is 41.5 Å². The van der Waals surface area contributed by atoms with Gasteiger partial charge in [0.15, 0.2) is 0 Å². The first-order valence-electron chi connectivity index (χ1n) is 46.3. The van der Waals surface area contributed by atoms with Crippen LogP contribution >= 0.6 is 47.8 Å². The summed E-state index contributed by atoms with van der Waals surface area (Å²) in [6.07, 6.45) is 0. The number of halogens is 3. The molecule has 0 aromatic heterocycles. The fourth-order valence-electron chi connectivity index (χ4n) is 18.0. The molecule has 0 saturated carbocycles. The predicted octanol–water partition coefficient (Wildman–Crippen LogP) is 33.6. The third-order valence-corrected chi connectivity index (χ3v) is 27.8. The monoisotopic (exact) mass is 1980 g/mol. The van der Waals surface area contributed by atoms with Crippen LogP contribution in [0.4, 0.5) is 51.2 Å². The van der Waals surface area contributed by atoms with Crippen LogP contribution in [0.3, 0.4) is 0 Å². The van der Waals surface area contributed by atoms with Crippen LogP contribution in [0.25, 0.3) is 120 Å². The molecule has 0 radical (unpaired) electrons. The number of nitrogens with zero attached hydrogens (tertiary/aromatic N) is 3. The van der Waals surface area contributed by atoms with Crippen molar-refractivity contribution < 1.29 is 20.1 Å². The number of fused-ring (bicyclic) bond motifs is 6. The molecule has 22 rings (SSSR count). The van der Waals surface area contributed by atoms with Crippen molar-refractivity contribution in [2.24, 2.45) is 0 Å². The first kappa shape index (κ1) is 93.6. The molecule has 7 nitrogen and oxygen atoms in total. The van der Waals surface area contributed by atoms with E-state index in [1.165, 1.54) is 151 Å². The van der Waals surface area contributed by atoms with Crippen LogP contribution in [0.5, 0.6) is 0 Å². The second-order valence-corrected chi connectivity index (χ2v) is 37.1. The molecule has 0 fully saturated rings. The molecule has 0 heterocycles. The number of rotatable bonds is 16. The first-order chi connectivity index (χ1) is 67.3. The van der Waals surface area contributed by atoms with Gasteiger partial charge in [0.25, 0.3) is 0 Å². The third kappa shape index (κ3) is 20.9. The van der Waals surface area contributed by atoms with E-state index in [0.29, 0.717) is 10.9 Å². The van der Waals surface area contributed by atoms with Gasteiger partial charge >= 0.3 is 14.2 Å². The van der Waals surface area contributed by atoms with Gasteiger partial charge in [0.2, 0.25) is 0 Å². The molecular weight excluding hydrogens is 1880 g/mol. The summed E-state index contributed by atoms with van der Waals surface area (Å²) in [7, 11) is -2.85. The lowest BCUT2D eigenvalue weighted by Crippen LogP contribution is -2.29. The standard InChI is InChI=1S/C46H35N.C34H26BrN.C20H20BNO2.C14H8Br2.C12H11BO2/c1-32-16-26-38(27-17-32)47(39-28-18-33(2)19-29-39)40-30-24-37(25-31-40)46-43-14-8-6-12-41(43)45(42-13-7-9-15-44(42)46)36-22-20-35(21-23-36)34-10-4-3-5-11-34;1-23-11-17-26(18-12-23)36(27-19-13-24(2)14-20-27)28-21-15-25(16-22-28)33-29-7-3-5-9-31(29)34(35)32-10-6-4-8-30(32)33;1-15-3-9-18(10-4-15)22(19-11-5-16(2)6-12-19)20-13-7-17(8-14-20)21(23)24;15-13-9-5-1-2-6-10(9)14(16)12-8-4-3-7-11(12)13;14-13(15)12-8-6-11(7-9-12)10-4-2-1-3-5-10/h3-31H,1-2H3;3-22H,1-2H3;3-14,23-24H,1-2H3;1-8H;1-9,14-15H. The SMILES string of the molecule is Brc1c2ccccc2c(Br)c2ccccc12.Cc1ccc(N(c2ccc(C)cc2)c2ccc(-c3c4ccccc4c(-c4ccc(-c5ccccc5)cc4)c4ccccc34)cc2)cc1.Cc1ccc(N(c2ccc(C)cc2)c2ccc(-c3c4ccccc4c(Br)c4ccccc34)cc2)cc1.Cc1ccc(N(c2ccc(C)cc2)c2ccc(B(O)O)cc2)cc1.OB(O)c1ccc(-c2ccccc2)cc1. The van der Waals surface area contributed by atoms with Crippen molar-refractivity contribution in [3.05, 3.63) is 520 Å². The highest BCUT2D eigenvalue weighted by atomic mass is 79.9. The Morgan fingerprint density at radius 2 is 0.290 bits per heavy atom. The van der Waals surface area contributed by atoms with Gasteiger partial charge in [-0.05, 0) is 330 Å². The van der Waals surface area contributed by atoms with Gasteiger partial charge < -0.3 is 34.8 Å². The van der Waals surface area contributed by atoms with E-state index in [0.717, 1.165) is 66.8 Å². The van der Waals surface area contributed by atoms with Crippen LogP contribution in [-0.2, 0) is 0 Å². The zero-order chi connectivity index (χ0) is 95.3. The van der Waals surface area contributed by atoms with Crippen LogP contribution in [-0.4, -0.2) is 34.3 Å². The van der Waals surface area contributed by atoms with Crippen molar-refractivity contribution >= 4 is 189 Å². The molecule has 0 amide bonds. The highest BCUT2D eigenvalue weighted by Gasteiger charge is 2.23. The third-order valence-electron chi connectivity index (χ3n) is 25.2. The molecule has 0 aliphatic carbocycles. The molecule has 0 unspecified atom stereocenters. The predicted molar refractivity (Wildman–Crippen MR) is 600 cm³/mol. The second-order valence-electron chi connectivity index (χ2n) is 34.7. The van der Waals surface area contributed by atoms with Gasteiger partial charge in [0.1, 0.15) is 0 Å². The van der Waals surface area contributed by atoms with Crippen molar-refractivity contribution in [2.45, 2.75) is 41.5 Å². The molecule has 0 atom stereocenters. The van der Waals surface area contributed by atoms with Crippen LogP contribution in [0.15, 0.2) is 487 Å². The first-order valence-corrected chi connectivity index (χ1v) is 48.6. The Morgan fingerprint density at radius 1 is 0.152 bits per heavy atom. The summed E-state index contributed by atoms with van der Waals surface area (Å²) in [5, 5.41) is 51.5. The molecule has 0 aliphatic heterocycles. The van der Waals surface area contributed by atoms with Crippen LogP contribution in [0.1, 0.15) is 33.4 Å². The number of anilines is 9. The van der Waals surface area contributed by atoms with E-state index < -0.39 is 14.2 Å². The topological polar surface area (TPSA) is 90.6 Å². The smallest absolute Gasteiger partial charge is 0.423 e. The molecule has 22 aromatic rings. The van der Waals surface area contributed by atoms with Crippen molar-refractivity contribution in [3.8, 4) is 55.6 Å². The molecule has 12 heteroatoms. The minimum atomic E-state index is -1.45. The maximum Gasteiger partial charge on any atom is 0.488 e. The quantitative estimate of drug-likeness (QED) is 0.0566. The highest BCUT2D eigenvalue weighted by molar-refractivity contribution is 9.11. The summed E-state index contributed by atoms with van der Waals surface area (Å²) in [6.45, 7) is 12.7. The van der Waals surface area contributed by atoms with E-state index in [2.05, 4.69) is 498 Å². The molecule has 0 bridgehead atoms. The average molecular weight is 1980 g/mol. The summed E-state index contributed by atoms with van der Waals surface area (Å²) in [5.74, 6) is 0. The van der Waals surface area contributed by atoms with Gasteiger partial charge in [-0.2, -0.15) is 0 Å². The van der Waals surface area contributed by atoms with Crippen LogP contribution < -0.4 is 25.6 Å². The van der Waals surface area contributed by atoms with Gasteiger partial charge in [0, 0.05) is 64.6 Å². The second kappa shape index (κ2) is 43.1. The summed E-state index contributed by atoms with van der Waals surface area (Å²) in [5.41, 5.74) is 30.5. The van der Waals surface area contributed by atoms with Gasteiger partial charge in [-0.25, -0.2) is 0 Å². The lowest BCUT2D eigenvalue weighted by Gasteiger charge is -2.26. The Balaban J connectivity index is 0.000000122. The number of aryl methyl sites for hydroxylation is 6. The lowest BCUT2D eigenvalue weighted by atomic mass is 9.80. The van der Waals surface area contributed by atoms with E-state index >= 15 is 0 Å². The number of benzene rings is 22. The minimum Gasteiger partial charge on any atom is -0.423 e. The fraction of sp³-hybridized carbons (Fsp3) is 0.0476. The molecule has 670 valence electrons. The van der Waals surface area contributed by atoms with Gasteiger partial charge in [-0.15, -0.1) is 0 Å². The Kier molecular flexibility index (Phi) is 29.2. The van der Waals surface area contributed by atoms with E-state index in [9.17, 15) is 10.0 Å². The van der Waals surface area contributed by atoms with Crippen LogP contribution in [0.2, 0.25) is 0 Å². The lowest BCUT2D eigenvalue weighted by molar-refractivity contribution is 0.424. The van der Waals surface area contributed by atoms with Gasteiger partial charge in [0.05, 0.1) is 0 Å². The highest BCUT2D eigenvalue weighted by Crippen LogP contribution is 2.48. The molecule has 0 spiro atoms. The van der Waals surface area contributed by atoms with Gasteiger partial charge in [-0.3, -0.25) is 0 Å². The van der Waals surface area contributed by atoms with E-state index in [4.69, 9.17) is 10.0 Å². The van der Waals surface area contributed by atoms with Crippen molar-refractivity contribution in [2.75, 3.05) is 14.7 Å². The number of hydrogen-bond acceptors (Lipinski definition) is 7. The summed E-state index contributed by atoms with van der Waals surface area (Å²) in [6, 6.07) is 166. The Bertz CT molecular complexity index is 7600. The average Bonchev–Trinajstić information content (AvgIpc) is 0.734. The summed E-state index contributed by atoms with van der Waals surface area (Å²) >= 11 is 11.3. The molecular formula is C126H100B2Br3N3O4. The normalized spacial score (nSPS) is 10.9. The zero-order valence-corrected chi connectivity index (χ0v) is 82.2. The minimum absolute atomic E-state index is 0.478. The molecule has 0 saturated heterocycles. The largest absolute Gasteiger partial charge is 0.488 e. The Labute approximate surface area is 833 Å². The Hall–Kier alpha value is -14.8. The van der Waals surface area contributed by atoms with E-state index in [1.807, 2.05) is 54.6 Å². The maximum atomic E-state index is 9.29. The molecule has 4 N–H and O–H groups in total. The van der Waals surface area contributed by atoms with Gasteiger partial charge in [-0.1, -0.05) is 397 Å². The fourth-order valence-corrected chi connectivity index (χ4v) is 20.0. The van der Waals surface area contributed by atoms with Crippen molar-refractivity contribution in [3.63, 3.8) is 0 Å². The van der Waals surface area contributed by atoms with Crippen molar-refractivity contribution in [1.29, 1.82) is 0 Å². The summed E-state index contributed by atoms with van der Waals surface area (Å²) in [4.78, 5) is 6.80. The Morgan fingerprint density at radius 3 is 0.500 bits per heavy atom. The maximum absolute atomic E-state index is 9.29. The molecule has 0 aliphatic rings. The number of hydrogen-bond donors (Lipinski definition) is 4. The zero-order valence-electron chi connectivity index (χ0n) is 77.5. The van der Waals surface area contributed by atoms with Crippen molar-refractivity contribution in [1.82, 2.24) is 0 Å². The molecule has 22 aromatic carbocycles. The van der Waals surface area contributed by atoms with E-state index in [1.54, 1.807) is 24.3 Å². The summed E-state index contributed by atoms with van der Waals surface area (Å²) < 4.78 is 3.49. The molecule has 138 heavy (non-hydrogen) atoms. The van der Waals surface area contributed by atoms with E-state index in [-0.39, 0.29) is 0 Å².